The van der Waals surface area contributed by atoms with Crippen molar-refractivity contribution in [3.63, 3.8) is 0 Å². The highest BCUT2D eigenvalue weighted by Crippen LogP contribution is 1.91. The Labute approximate surface area is 83.1 Å². The predicted molar refractivity (Wildman–Crippen MR) is 51.0 cm³/mol. The molecule has 0 N–H and O–H groups in total. The summed E-state index contributed by atoms with van der Waals surface area (Å²) < 4.78 is 4.63. The third-order valence-electron chi connectivity index (χ3n) is 1.25. The van der Waals surface area contributed by atoms with E-state index in [1.807, 2.05) is 6.92 Å². The van der Waals surface area contributed by atoms with Crippen LogP contribution in [0.3, 0.4) is 0 Å². The zero-order valence-corrected chi connectivity index (χ0v) is 8.70. The first-order valence-electron chi connectivity index (χ1n) is 4.51. The number of oxime groups is 1. The van der Waals surface area contributed by atoms with Gasteiger partial charge in [-0.3, -0.25) is 4.79 Å². The molecule has 0 spiro atoms. The molecule has 0 saturated carbocycles. The fourth-order valence-corrected chi connectivity index (χ4v) is 0.646. The number of Topliss-reactive ketones (excluding diaryl/α,β-unsaturated/α-hetero) is 1. The average molecular weight is 201 g/mol. The lowest BCUT2D eigenvalue weighted by Gasteiger charge is -2.02. The molecule has 0 bridgehead atoms. The molecular formula is C9H15NO4. The molecule has 0 aliphatic rings. The molecule has 0 fully saturated rings. The normalized spacial score (nSPS) is 10.9. The molecule has 0 aromatic heterocycles. The number of ketones is 1. The lowest BCUT2D eigenvalue weighted by Crippen LogP contribution is -2.24. The van der Waals surface area contributed by atoms with E-state index in [1.165, 1.54) is 6.92 Å². The van der Waals surface area contributed by atoms with Gasteiger partial charge in [-0.05, 0) is 13.3 Å². The zero-order valence-electron chi connectivity index (χ0n) is 8.70. The number of carbonyl (C=O) groups is 2. The Hall–Kier alpha value is -1.39. The molecule has 80 valence electrons. The highest BCUT2D eigenvalue weighted by atomic mass is 16.6. The van der Waals surface area contributed by atoms with Gasteiger partial charge in [-0.15, -0.1) is 0 Å². The van der Waals surface area contributed by atoms with Gasteiger partial charge in [-0.1, -0.05) is 12.1 Å². The number of esters is 1. The molecule has 0 aromatic carbocycles. The smallest absolute Gasteiger partial charge is 0.364 e. The van der Waals surface area contributed by atoms with Gasteiger partial charge in [-0.25, -0.2) is 4.79 Å². The van der Waals surface area contributed by atoms with E-state index in [9.17, 15) is 9.59 Å². The standard InChI is InChI=1S/C9H15NO4/c1-4-6-14-10-8(7(3)11)9(12)13-5-2/h4-6H2,1-3H3. The van der Waals surface area contributed by atoms with Crippen LogP contribution in [0.15, 0.2) is 5.16 Å². The van der Waals surface area contributed by atoms with E-state index < -0.39 is 11.8 Å². The van der Waals surface area contributed by atoms with Crippen molar-refractivity contribution >= 4 is 17.5 Å². The van der Waals surface area contributed by atoms with E-state index >= 15 is 0 Å². The van der Waals surface area contributed by atoms with E-state index in [4.69, 9.17) is 4.84 Å². The number of nitrogens with zero attached hydrogens (tertiary/aromatic N) is 1. The van der Waals surface area contributed by atoms with Gasteiger partial charge in [0, 0.05) is 6.92 Å². The van der Waals surface area contributed by atoms with E-state index in [1.54, 1.807) is 6.92 Å². The molecule has 5 heteroatoms. The lowest BCUT2D eigenvalue weighted by molar-refractivity contribution is -0.135. The minimum atomic E-state index is -0.740. The molecule has 0 amide bonds. The first kappa shape index (κ1) is 12.6. The van der Waals surface area contributed by atoms with E-state index in [2.05, 4.69) is 9.89 Å². The first-order valence-corrected chi connectivity index (χ1v) is 4.51. The summed E-state index contributed by atoms with van der Waals surface area (Å²) in [4.78, 5) is 26.8. The summed E-state index contributed by atoms with van der Waals surface area (Å²) in [5, 5.41) is 3.42. The van der Waals surface area contributed by atoms with Gasteiger partial charge in [0.2, 0.25) is 5.71 Å². The Balaban J connectivity index is 4.35. The fourth-order valence-electron chi connectivity index (χ4n) is 0.646. The highest BCUT2D eigenvalue weighted by Gasteiger charge is 2.18. The van der Waals surface area contributed by atoms with Crippen LogP contribution in [0.5, 0.6) is 0 Å². The molecule has 0 aliphatic heterocycles. The maximum absolute atomic E-state index is 11.1. The van der Waals surface area contributed by atoms with Crippen LogP contribution in [0.4, 0.5) is 0 Å². The minimum Gasteiger partial charge on any atom is -0.461 e. The third-order valence-corrected chi connectivity index (χ3v) is 1.25. The van der Waals surface area contributed by atoms with Crippen LogP contribution in [0.1, 0.15) is 27.2 Å². The Morgan fingerprint density at radius 1 is 1.29 bits per heavy atom. The summed E-state index contributed by atoms with van der Waals surface area (Å²) in [6, 6.07) is 0. The van der Waals surface area contributed by atoms with Crippen LogP contribution < -0.4 is 0 Å². The molecule has 0 saturated heterocycles. The Morgan fingerprint density at radius 2 is 1.93 bits per heavy atom. The minimum absolute atomic E-state index is 0.207. The van der Waals surface area contributed by atoms with Crippen LogP contribution in [0.25, 0.3) is 0 Å². The van der Waals surface area contributed by atoms with Gasteiger partial charge in [0.1, 0.15) is 6.61 Å². The fraction of sp³-hybridized carbons (Fsp3) is 0.667. The number of carbonyl (C=O) groups excluding carboxylic acids is 2. The third kappa shape index (κ3) is 4.59. The van der Waals surface area contributed by atoms with Gasteiger partial charge in [0.05, 0.1) is 6.61 Å². The molecular weight excluding hydrogens is 186 g/mol. The van der Waals surface area contributed by atoms with Crippen molar-refractivity contribution in [3.8, 4) is 0 Å². The number of hydrogen-bond acceptors (Lipinski definition) is 5. The summed E-state index contributed by atoms with van der Waals surface area (Å²) in [5.41, 5.74) is -0.291. The second-order valence-electron chi connectivity index (χ2n) is 2.55. The number of ether oxygens (including phenoxy) is 1. The number of rotatable bonds is 6. The van der Waals surface area contributed by atoms with Crippen LogP contribution in [0.2, 0.25) is 0 Å². The van der Waals surface area contributed by atoms with E-state index in [0.29, 0.717) is 6.61 Å². The molecule has 14 heavy (non-hydrogen) atoms. The maximum atomic E-state index is 11.1. The first-order chi connectivity index (χ1) is 6.63. The van der Waals surface area contributed by atoms with Crippen LogP contribution in [0, 0.1) is 0 Å². The molecule has 0 rings (SSSR count). The maximum Gasteiger partial charge on any atom is 0.364 e. The average Bonchev–Trinajstić information content (AvgIpc) is 2.12. The lowest BCUT2D eigenvalue weighted by atomic mass is 10.3. The van der Waals surface area contributed by atoms with Crippen molar-refractivity contribution < 1.29 is 19.2 Å². The summed E-state index contributed by atoms with van der Waals surface area (Å²) in [7, 11) is 0. The van der Waals surface area contributed by atoms with E-state index in [-0.39, 0.29) is 12.3 Å². The van der Waals surface area contributed by atoms with Gasteiger partial charge in [-0.2, -0.15) is 0 Å². The monoisotopic (exact) mass is 201 g/mol. The van der Waals surface area contributed by atoms with Crippen LogP contribution in [-0.2, 0) is 19.2 Å². The van der Waals surface area contributed by atoms with Crippen molar-refractivity contribution in [2.45, 2.75) is 27.2 Å². The van der Waals surface area contributed by atoms with Crippen molar-refractivity contribution in [1.29, 1.82) is 0 Å². The van der Waals surface area contributed by atoms with Gasteiger partial charge in [0.25, 0.3) is 0 Å². The van der Waals surface area contributed by atoms with E-state index in [0.717, 1.165) is 6.42 Å². The predicted octanol–water partition coefficient (Wildman–Crippen LogP) is 0.921. The number of hydrogen-bond donors (Lipinski definition) is 0. The summed E-state index contributed by atoms with van der Waals surface area (Å²) in [6.07, 6.45) is 0.761. The Bertz CT molecular complexity index is 235. The highest BCUT2D eigenvalue weighted by molar-refractivity contribution is 6.63. The van der Waals surface area contributed by atoms with Gasteiger partial charge in [0.15, 0.2) is 5.78 Å². The summed E-state index contributed by atoms with van der Waals surface area (Å²) >= 11 is 0. The van der Waals surface area contributed by atoms with Crippen molar-refractivity contribution in [2.24, 2.45) is 5.16 Å². The topological polar surface area (TPSA) is 65.0 Å². The Kier molecular flexibility index (Phi) is 6.36. The summed E-state index contributed by atoms with van der Waals surface area (Å²) in [6.45, 7) is 5.37. The van der Waals surface area contributed by atoms with Crippen molar-refractivity contribution in [2.75, 3.05) is 13.2 Å². The molecule has 0 atom stereocenters. The van der Waals surface area contributed by atoms with Crippen LogP contribution in [-0.4, -0.2) is 30.7 Å². The second-order valence-corrected chi connectivity index (χ2v) is 2.55. The zero-order chi connectivity index (χ0) is 11.0. The van der Waals surface area contributed by atoms with Gasteiger partial charge >= 0.3 is 5.97 Å². The van der Waals surface area contributed by atoms with Crippen molar-refractivity contribution in [3.05, 3.63) is 0 Å². The molecule has 0 heterocycles. The molecule has 0 radical (unpaired) electrons. The molecule has 0 aromatic rings. The van der Waals surface area contributed by atoms with Crippen molar-refractivity contribution in [1.82, 2.24) is 0 Å². The second kappa shape index (κ2) is 7.06. The molecule has 0 unspecified atom stereocenters. The molecule has 5 nitrogen and oxygen atoms in total. The van der Waals surface area contributed by atoms with Crippen LogP contribution >= 0.6 is 0 Å². The van der Waals surface area contributed by atoms with Gasteiger partial charge < -0.3 is 9.57 Å². The quantitative estimate of drug-likeness (QED) is 0.211. The molecule has 0 aliphatic carbocycles. The SMILES string of the molecule is CCCON=C(C(C)=O)C(=O)OCC. The summed E-state index contributed by atoms with van der Waals surface area (Å²) in [5.74, 6) is -1.20. The largest absolute Gasteiger partial charge is 0.461 e. The Morgan fingerprint density at radius 3 is 2.36 bits per heavy atom.